The van der Waals surface area contributed by atoms with E-state index >= 15 is 0 Å². The van der Waals surface area contributed by atoms with Crippen LogP contribution in [0.15, 0.2) is 62.9 Å². The summed E-state index contributed by atoms with van der Waals surface area (Å²) in [5.74, 6) is 0.826. The molecule has 1 heterocycles. The Morgan fingerprint density at radius 3 is 2.53 bits per heavy atom. The van der Waals surface area contributed by atoms with E-state index in [0.29, 0.717) is 12.2 Å². The average molecular weight is 485 g/mol. The van der Waals surface area contributed by atoms with E-state index < -0.39 is 10.0 Å². The quantitative estimate of drug-likeness (QED) is 0.330. The lowest BCUT2D eigenvalue weighted by Crippen LogP contribution is -2.42. The van der Waals surface area contributed by atoms with Gasteiger partial charge < -0.3 is 10.1 Å². The summed E-state index contributed by atoms with van der Waals surface area (Å²) in [5, 5.41) is 8.89. The minimum atomic E-state index is -3.81. The van der Waals surface area contributed by atoms with Gasteiger partial charge in [-0.25, -0.2) is 5.01 Å². The zero-order valence-electron chi connectivity index (χ0n) is 20.1. The Bertz CT molecular complexity index is 1170. The number of carbonyl (C=O) groups is 1. The van der Waals surface area contributed by atoms with Crippen LogP contribution in [0.2, 0.25) is 0 Å². The fraction of sp³-hybridized carbons (Fsp3) is 0.400. The molecular formula is C25H32N4O4S. The molecule has 3 rings (SSSR count). The monoisotopic (exact) mass is 484 g/mol. The molecule has 1 N–H and O–H groups in total. The number of fused-ring (bicyclic) bond motifs is 1. The first kappa shape index (κ1) is 25.4. The van der Waals surface area contributed by atoms with E-state index in [1.165, 1.54) is 11.1 Å². The Labute approximate surface area is 201 Å². The van der Waals surface area contributed by atoms with Crippen molar-refractivity contribution >= 4 is 28.0 Å². The number of amides is 1. The normalized spacial score (nSPS) is 14.5. The first-order valence-electron chi connectivity index (χ1n) is 11.4. The van der Waals surface area contributed by atoms with Gasteiger partial charge in [-0.3, -0.25) is 4.79 Å². The molecule has 1 aliphatic heterocycles. The lowest BCUT2D eigenvalue weighted by molar-refractivity contribution is -0.122. The maximum absolute atomic E-state index is 12.6. The number of sulfonamides is 1. The lowest BCUT2D eigenvalue weighted by Gasteiger charge is -2.22. The molecule has 0 spiro atoms. The van der Waals surface area contributed by atoms with Gasteiger partial charge in [-0.05, 0) is 69.2 Å². The molecule has 0 bridgehead atoms. The number of hydrogen-bond donors (Lipinski definition) is 1. The van der Waals surface area contributed by atoms with E-state index in [4.69, 9.17) is 4.74 Å². The fourth-order valence-electron chi connectivity index (χ4n) is 3.30. The highest BCUT2D eigenvalue weighted by Gasteiger charge is 2.32. The summed E-state index contributed by atoms with van der Waals surface area (Å²) >= 11 is 0. The number of benzene rings is 2. The van der Waals surface area contributed by atoms with Crippen LogP contribution >= 0.6 is 0 Å². The van der Waals surface area contributed by atoms with E-state index in [-0.39, 0.29) is 35.1 Å². The van der Waals surface area contributed by atoms with Crippen LogP contribution in [0.3, 0.4) is 0 Å². The van der Waals surface area contributed by atoms with Gasteiger partial charge in [0.25, 0.3) is 10.0 Å². The summed E-state index contributed by atoms with van der Waals surface area (Å²) < 4.78 is 34.8. The highest BCUT2D eigenvalue weighted by Crippen LogP contribution is 2.27. The number of nitrogens with zero attached hydrogens (tertiary/aromatic N) is 3. The maximum Gasteiger partial charge on any atom is 0.285 e. The van der Waals surface area contributed by atoms with Crippen LogP contribution < -0.4 is 10.1 Å². The van der Waals surface area contributed by atoms with Crippen LogP contribution in [-0.2, 0) is 14.8 Å². The Morgan fingerprint density at radius 2 is 1.85 bits per heavy atom. The van der Waals surface area contributed by atoms with Crippen molar-refractivity contribution in [2.45, 2.75) is 57.4 Å². The first-order chi connectivity index (χ1) is 16.1. The number of amidine groups is 1. The third-order valence-corrected chi connectivity index (χ3v) is 6.24. The molecule has 0 saturated carbocycles. The third kappa shape index (κ3) is 6.90. The van der Waals surface area contributed by atoms with Gasteiger partial charge in [-0.15, -0.1) is 4.40 Å². The zero-order chi connectivity index (χ0) is 24.8. The van der Waals surface area contributed by atoms with Crippen LogP contribution in [0.1, 0.15) is 58.1 Å². The molecule has 0 atom stereocenters. The molecule has 8 nitrogen and oxygen atoms in total. The second-order valence-electron chi connectivity index (χ2n) is 9.07. The lowest BCUT2D eigenvalue weighted by atomic mass is 10.1. The van der Waals surface area contributed by atoms with Gasteiger partial charge >= 0.3 is 0 Å². The molecule has 0 saturated heterocycles. The predicted octanol–water partition coefficient (Wildman–Crippen LogP) is 3.96. The minimum Gasteiger partial charge on any atom is -0.494 e. The topological polar surface area (TPSA) is 100 Å². The van der Waals surface area contributed by atoms with Crippen molar-refractivity contribution in [2.75, 3.05) is 13.2 Å². The highest BCUT2D eigenvalue weighted by atomic mass is 32.2. The smallest absolute Gasteiger partial charge is 0.285 e. The highest BCUT2D eigenvalue weighted by molar-refractivity contribution is 7.90. The molecule has 34 heavy (non-hydrogen) atoms. The fourth-order valence-corrected chi connectivity index (χ4v) is 4.51. The minimum absolute atomic E-state index is 0.125. The Morgan fingerprint density at radius 1 is 1.15 bits per heavy atom. The average Bonchev–Trinajstić information content (AvgIpc) is 3.05. The Balaban J connectivity index is 1.82. The second kappa shape index (κ2) is 10.8. The summed E-state index contributed by atoms with van der Waals surface area (Å²) in [6, 6.07) is 14.1. The number of nitrogens with one attached hydrogen (secondary N) is 1. The van der Waals surface area contributed by atoms with Gasteiger partial charge in [0.15, 0.2) is 5.84 Å². The molecule has 1 aliphatic rings. The van der Waals surface area contributed by atoms with Crippen LogP contribution in [0.4, 0.5) is 0 Å². The number of hydrazone groups is 1. The van der Waals surface area contributed by atoms with Crippen molar-refractivity contribution in [1.29, 1.82) is 0 Å². The van der Waals surface area contributed by atoms with Crippen molar-refractivity contribution in [1.82, 2.24) is 10.3 Å². The first-order valence-corrected chi connectivity index (χ1v) is 12.8. The van der Waals surface area contributed by atoms with Gasteiger partial charge in [0.1, 0.15) is 10.6 Å². The van der Waals surface area contributed by atoms with Crippen molar-refractivity contribution < 1.29 is 17.9 Å². The van der Waals surface area contributed by atoms with E-state index in [9.17, 15) is 13.2 Å². The summed E-state index contributed by atoms with van der Waals surface area (Å²) in [7, 11) is -3.81. The standard InChI is InChI=1S/C25H32N4O4S/c1-5-6-17-33-20-13-11-19(12-14-20)18-26-29(16-15-23(30)27-25(2,3)4)24-21-9-7-8-10-22(21)34(31,32)28-24/h7-14,18H,5-6,15-17H2,1-4H3,(H,27,30)/b26-18-. The Hall–Kier alpha value is -3.20. The van der Waals surface area contributed by atoms with Crippen molar-refractivity contribution in [3.8, 4) is 5.75 Å². The number of ether oxygens (including phenoxy) is 1. The molecule has 0 aromatic heterocycles. The second-order valence-corrected chi connectivity index (χ2v) is 10.6. The zero-order valence-corrected chi connectivity index (χ0v) is 20.9. The van der Waals surface area contributed by atoms with Gasteiger partial charge in [0.05, 0.1) is 19.4 Å². The van der Waals surface area contributed by atoms with Crippen LogP contribution in [0, 0.1) is 0 Å². The van der Waals surface area contributed by atoms with Crippen molar-refractivity contribution in [3.05, 3.63) is 59.7 Å². The van der Waals surface area contributed by atoms with Gasteiger partial charge in [0, 0.05) is 17.5 Å². The van der Waals surface area contributed by atoms with Gasteiger partial charge in [-0.1, -0.05) is 25.5 Å². The summed E-state index contributed by atoms with van der Waals surface area (Å²) in [6.07, 6.45) is 3.80. The molecule has 1 amide bonds. The molecule has 9 heteroatoms. The van der Waals surface area contributed by atoms with E-state index in [2.05, 4.69) is 21.7 Å². The number of carbonyl (C=O) groups excluding carboxylic acids is 1. The summed E-state index contributed by atoms with van der Waals surface area (Å²) in [5.41, 5.74) is 0.907. The molecule has 2 aromatic carbocycles. The van der Waals surface area contributed by atoms with Gasteiger partial charge in [-0.2, -0.15) is 13.5 Å². The van der Waals surface area contributed by atoms with Crippen LogP contribution in [0.5, 0.6) is 5.75 Å². The molecule has 0 radical (unpaired) electrons. The molecule has 0 unspecified atom stereocenters. The Kier molecular flexibility index (Phi) is 8.09. The van der Waals surface area contributed by atoms with E-state index in [0.717, 1.165) is 24.2 Å². The third-order valence-electron chi connectivity index (χ3n) is 4.92. The molecule has 0 aliphatic carbocycles. The summed E-state index contributed by atoms with van der Waals surface area (Å²) in [6.45, 7) is 8.65. The molecule has 2 aromatic rings. The van der Waals surface area contributed by atoms with Crippen molar-refractivity contribution in [2.24, 2.45) is 9.50 Å². The summed E-state index contributed by atoms with van der Waals surface area (Å²) in [4.78, 5) is 12.5. The molecule has 182 valence electrons. The largest absolute Gasteiger partial charge is 0.494 e. The SMILES string of the molecule is CCCCOc1ccc(/C=N\N(CCC(=O)NC(C)(C)C)C2=NS(=O)(=O)c3ccccc32)cc1. The van der Waals surface area contributed by atoms with E-state index in [1.807, 2.05) is 45.0 Å². The van der Waals surface area contributed by atoms with Crippen LogP contribution in [0.25, 0.3) is 0 Å². The number of hydrogen-bond acceptors (Lipinski definition) is 6. The van der Waals surface area contributed by atoms with Gasteiger partial charge in [0.2, 0.25) is 5.91 Å². The van der Waals surface area contributed by atoms with Crippen molar-refractivity contribution in [3.63, 3.8) is 0 Å². The maximum atomic E-state index is 12.6. The molecular weight excluding hydrogens is 452 g/mol. The number of rotatable bonds is 9. The van der Waals surface area contributed by atoms with E-state index in [1.54, 1.807) is 24.4 Å². The number of unbranched alkanes of at least 4 members (excludes halogenated alkanes) is 1. The molecule has 0 fully saturated rings. The predicted molar refractivity (Wildman–Crippen MR) is 134 cm³/mol. The van der Waals surface area contributed by atoms with Crippen LogP contribution in [-0.4, -0.2) is 50.1 Å².